The molecule has 6 aromatic rings. The van der Waals surface area contributed by atoms with Crippen molar-refractivity contribution in [3.8, 4) is 16.9 Å². The van der Waals surface area contributed by atoms with Gasteiger partial charge in [0.05, 0.1) is 52.8 Å². The Hall–Kier alpha value is -7.73. The number of nitrogens with zero attached hydrogens (tertiary/aromatic N) is 11. The number of aliphatic carboxylic acids is 1. The van der Waals surface area contributed by atoms with Crippen molar-refractivity contribution < 1.29 is 51.6 Å². The van der Waals surface area contributed by atoms with Crippen molar-refractivity contribution in [1.82, 2.24) is 49.7 Å². The molecule has 0 bridgehead atoms. The summed E-state index contributed by atoms with van der Waals surface area (Å²) < 4.78 is 53.2. The molecule has 1 spiro atoms. The number of carboxylic acid groups (broad SMARTS) is 1. The third kappa shape index (κ3) is 11.7. The maximum absolute atomic E-state index is 13.6. The number of ether oxygens (including phenoxy) is 1. The molecule has 4 saturated heterocycles. The number of nitrogens with one attached hydrogen (secondary N) is 3. The molecule has 8 heterocycles. The number of aryl methyl sites for hydroxylation is 1. The van der Waals surface area contributed by atoms with Gasteiger partial charge >= 0.3 is 12.1 Å². The third-order valence-electron chi connectivity index (χ3n) is 17.1. The Balaban J connectivity index is 0.000000991. The second-order valence-electron chi connectivity index (χ2n) is 22.7. The van der Waals surface area contributed by atoms with Crippen LogP contribution in [0.2, 0.25) is 5.02 Å². The molecule has 1 atom stereocenters. The van der Waals surface area contributed by atoms with Crippen molar-refractivity contribution in [3.63, 3.8) is 0 Å². The largest absolute Gasteiger partial charge is 0.494 e. The standard InChI is InChI=1S/C55H62ClN14O6P.C2HF3O2/c1-65-32-33(30-60-65)38-26-43(62-54-59-31-40(56)50(64-54)61-42-8-7-41-48(58-16-15-57-41)49(42)77(3,4)75)46(76-2)27-45(38)69-17-11-34(12-18-69)67-21-23-68(24-22-67)36-28-55(29-36)13-19-66(20-14-55)35-5-6-37-39(25-35)53(74)70(52(37)73)44-9-10-47(71)63-51(44)72;3-2(4,5)1(6)7/h5-8,15-16,25-27,30-32,34,36,44H,9-14,17-24,28-29H2,1-4H3,(H,63,71,72)(H2,59,61,62,64);(H,6,7). The van der Waals surface area contributed by atoms with E-state index in [2.05, 4.69) is 67.7 Å². The van der Waals surface area contributed by atoms with Gasteiger partial charge in [-0.1, -0.05) is 11.6 Å². The number of benzene rings is 3. The number of imide groups is 2. The molecule has 5 aliphatic heterocycles. The van der Waals surface area contributed by atoms with Gasteiger partial charge in [0.25, 0.3) is 11.8 Å². The lowest BCUT2D eigenvalue weighted by molar-refractivity contribution is -0.192. The number of halogens is 4. The Kier molecular flexibility index (Phi) is 15.9. The first-order valence-corrected chi connectivity index (χ1v) is 30.7. The summed E-state index contributed by atoms with van der Waals surface area (Å²) in [6, 6.07) is 13.4. The summed E-state index contributed by atoms with van der Waals surface area (Å²) in [4.78, 5) is 89.5. The van der Waals surface area contributed by atoms with Crippen LogP contribution in [-0.2, 0) is 26.0 Å². The number of hydrogen-bond donors (Lipinski definition) is 4. The van der Waals surface area contributed by atoms with Crippen LogP contribution in [0.1, 0.15) is 72.1 Å². The van der Waals surface area contributed by atoms with Gasteiger partial charge in [0, 0.05) is 125 Å². The van der Waals surface area contributed by atoms with Crippen molar-refractivity contribution in [1.29, 1.82) is 0 Å². The number of anilines is 6. The van der Waals surface area contributed by atoms with Crippen LogP contribution in [0.25, 0.3) is 22.2 Å². The van der Waals surface area contributed by atoms with Crippen LogP contribution in [0, 0.1) is 5.41 Å². The zero-order valence-electron chi connectivity index (χ0n) is 46.7. The lowest BCUT2D eigenvalue weighted by Crippen LogP contribution is -2.60. The highest BCUT2D eigenvalue weighted by Crippen LogP contribution is 2.52. The van der Waals surface area contributed by atoms with Crippen LogP contribution in [-0.4, -0.2) is 176 Å². The number of amides is 4. The number of piperidine rings is 3. The zero-order chi connectivity index (χ0) is 59.4. The Bertz CT molecular complexity index is 3630. The van der Waals surface area contributed by atoms with Crippen LogP contribution >= 0.6 is 18.7 Å². The first kappa shape index (κ1) is 58.1. The molecule has 1 unspecified atom stereocenters. The highest BCUT2D eigenvalue weighted by Gasteiger charge is 2.49. The molecule has 4 amide bonds. The van der Waals surface area contributed by atoms with Gasteiger partial charge in [-0.05, 0) is 100 Å². The van der Waals surface area contributed by atoms with Crippen LogP contribution in [0.4, 0.5) is 47.7 Å². The summed E-state index contributed by atoms with van der Waals surface area (Å²) in [5.41, 5.74) is 7.40. The molecule has 1 aliphatic carbocycles. The molecule has 5 fully saturated rings. The van der Waals surface area contributed by atoms with E-state index in [9.17, 15) is 36.9 Å². The molecule has 442 valence electrons. The average molecular weight is 1200 g/mol. The van der Waals surface area contributed by atoms with E-state index >= 15 is 0 Å². The van der Waals surface area contributed by atoms with Gasteiger partial charge in [0.15, 0.2) is 5.82 Å². The van der Waals surface area contributed by atoms with Crippen molar-refractivity contribution in [2.24, 2.45) is 12.5 Å². The number of rotatable bonds is 12. The minimum atomic E-state index is -5.08. The predicted molar refractivity (Wildman–Crippen MR) is 310 cm³/mol. The number of piperazine rings is 1. The van der Waals surface area contributed by atoms with E-state index in [-0.39, 0.29) is 29.7 Å². The van der Waals surface area contributed by atoms with E-state index in [0.717, 1.165) is 105 Å². The fourth-order valence-electron chi connectivity index (χ4n) is 12.8. The van der Waals surface area contributed by atoms with Gasteiger partial charge in [-0.2, -0.15) is 23.3 Å². The Morgan fingerprint density at radius 2 is 1.49 bits per heavy atom. The predicted octanol–water partition coefficient (Wildman–Crippen LogP) is 7.29. The number of aromatic nitrogens is 6. The zero-order valence-corrected chi connectivity index (χ0v) is 48.3. The quantitative estimate of drug-likeness (QED) is 0.0693. The van der Waals surface area contributed by atoms with Crippen molar-refractivity contribution >= 4 is 99.2 Å². The molecule has 27 heteroatoms. The normalized spacial score (nSPS) is 19.9. The van der Waals surface area contributed by atoms with E-state index in [1.165, 1.54) is 19.0 Å². The van der Waals surface area contributed by atoms with E-state index in [0.29, 0.717) is 67.9 Å². The van der Waals surface area contributed by atoms with Gasteiger partial charge in [-0.15, -0.1) is 0 Å². The van der Waals surface area contributed by atoms with E-state index < -0.39 is 43.1 Å². The van der Waals surface area contributed by atoms with Crippen LogP contribution < -0.4 is 35.8 Å². The lowest BCUT2D eigenvalue weighted by atomic mass is 9.60. The monoisotopic (exact) mass is 1190 g/mol. The highest BCUT2D eigenvalue weighted by molar-refractivity contribution is 7.71. The maximum atomic E-state index is 13.6. The summed E-state index contributed by atoms with van der Waals surface area (Å²) in [6.45, 7) is 11.3. The number of carbonyl (C=O) groups excluding carboxylic acids is 4. The van der Waals surface area contributed by atoms with Crippen molar-refractivity contribution in [2.75, 3.05) is 93.2 Å². The minimum Gasteiger partial charge on any atom is -0.494 e. The van der Waals surface area contributed by atoms with Crippen molar-refractivity contribution in [3.05, 3.63) is 89.6 Å². The highest BCUT2D eigenvalue weighted by atomic mass is 35.5. The summed E-state index contributed by atoms with van der Waals surface area (Å²) >= 11 is 6.69. The molecule has 84 heavy (non-hydrogen) atoms. The van der Waals surface area contributed by atoms with Crippen molar-refractivity contribution in [2.45, 2.75) is 75.7 Å². The second-order valence-corrected chi connectivity index (χ2v) is 26.2. The lowest BCUT2D eigenvalue weighted by Gasteiger charge is -2.57. The number of carbonyl (C=O) groups is 5. The smallest absolute Gasteiger partial charge is 0.490 e. The Labute approximate surface area is 486 Å². The van der Waals surface area contributed by atoms with E-state index in [4.69, 9.17) is 31.2 Å². The number of hydrogen-bond acceptors (Lipinski definition) is 18. The molecule has 1 saturated carbocycles. The second kappa shape index (κ2) is 23.0. The first-order chi connectivity index (χ1) is 40.1. The number of fused-ring (bicyclic) bond motifs is 2. The van der Waals surface area contributed by atoms with Gasteiger partial charge in [0.1, 0.15) is 29.5 Å². The van der Waals surface area contributed by atoms with E-state index in [1.54, 1.807) is 38.9 Å². The molecular formula is C57H63ClF3N14O8P. The fourth-order valence-corrected chi connectivity index (χ4v) is 14.3. The molecular weight excluding hydrogens is 1130 g/mol. The number of methoxy groups -OCH3 is 1. The molecule has 12 rings (SSSR count). The molecule has 3 aromatic heterocycles. The maximum Gasteiger partial charge on any atom is 0.490 e. The SMILES string of the molecule is COc1cc(N2CCC(N3CCN(C4CC5(CCN(c6ccc7c(c6)C(=O)N(C6CCC(=O)NC6=O)C7=O)CC5)C4)CC3)CC2)c(-c2cnn(C)c2)cc1Nc1ncc(Cl)c(Nc2ccc3nccnc3c2P(C)(C)=O)n1.O=C(O)C(F)(F)F. The topological polar surface area (TPSA) is 254 Å². The molecule has 6 aliphatic rings. The fraction of sp³-hybridized carbons (Fsp3) is 0.439. The van der Waals surface area contributed by atoms with Crippen LogP contribution in [0.5, 0.6) is 5.75 Å². The average Bonchev–Trinajstić information content (AvgIpc) is 1.56. The molecule has 3 aromatic carbocycles. The van der Waals surface area contributed by atoms with Gasteiger partial charge in [-0.25, -0.2) is 9.78 Å². The Morgan fingerprint density at radius 1 is 0.810 bits per heavy atom. The van der Waals surface area contributed by atoms with E-state index in [1.807, 2.05) is 48.4 Å². The van der Waals surface area contributed by atoms with Crippen LogP contribution in [0.15, 0.2) is 73.4 Å². The summed E-state index contributed by atoms with van der Waals surface area (Å²) in [7, 11) is 0.740. The summed E-state index contributed by atoms with van der Waals surface area (Å²) in [6.07, 6.45) is 10.5. The number of carboxylic acids is 1. The minimum absolute atomic E-state index is 0.0955. The summed E-state index contributed by atoms with van der Waals surface area (Å²) in [5.74, 6) is -3.43. The summed E-state index contributed by atoms with van der Waals surface area (Å²) in [5, 5.41) is 21.5. The van der Waals surface area contributed by atoms with Gasteiger partial charge < -0.3 is 34.8 Å². The third-order valence-corrected chi connectivity index (χ3v) is 18.9. The first-order valence-electron chi connectivity index (χ1n) is 27.8. The van der Waals surface area contributed by atoms with Gasteiger partial charge in [-0.3, -0.25) is 53.8 Å². The molecule has 0 radical (unpaired) electrons. The number of alkyl halides is 3. The van der Waals surface area contributed by atoms with Crippen LogP contribution in [0.3, 0.4) is 0 Å². The van der Waals surface area contributed by atoms with Gasteiger partial charge in [0.2, 0.25) is 17.8 Å². The Morgan fingerprint density at radius 3 is 2.13 bits per heavy atom. The molecule has 22 nitrogen and oxygen atoms in total. The molecule has 4 N–H and O–H groups in total.